The molecule has 2 aliphatic carbocycles. The van der Waals surface area contributed by atoms with Gasteiger partial charge in [-0.1, -0.05) is 36.4 Å². The molecule has 1 unspecified atom stereocenters. The van der Waals surface area contributed by atoms with Crippen LogP contribution < -0.4 is 10.1 Å². The number of hydrogen-bond acceptors (Lipinski definition) is 5. The number of nitrogens with zero attached hydrogens (tertiary/aromatic N) is 2. The van der Waals surface area contributed by atoms with Gasteiger partial charge in [0.2, 0.25) is 0 Å². The zero-order valence-electron chi connectivity index (χ0n) is 18.9. The summed E-state index contributed by atoms with van der Waals surface area (Å²) in [6, 6.07) is 14.3. The van der Waals surface area contributed by atoms with Gasteiger partial charge in [0, 0.05) is 41.7 Å². The summed E-state index contributed by atoms with van der Waals surface area (Å²) in [5.74, 6) is 2.03. The molecular formula is C27H31N3O3. The minimum Gasteiger partial charge on any atom is -0.504 e. The van der Waals surface area contributed by atoms with Gasteiger partial charge in [-0.25, -0.2) is 0 Å². The number of hydrogen-bond donors (Lipinski definition) is 3. The monoisotopic (exact) mass is 445 g/mol. The van der Waals surface area contributed by atoms with Crippen molar-refractivity contribution in [3.8, 4) is 11.5 Å². The van der Waals surface area contributed by atoms with Crippen LogP contribution in [0.25, 0.3) is 0 Å². The molecule has 2 bridgehead atoms. The first-order chi connectivity index (χ1) is 16.1. The van der Waals surface area contributed by atoms with E-state index < -0.39 is 6.10 Å². The van der Waals surface area contributed by atoms with Crippen LogP contribution in [0.2, 0.25) is 0 Å². The number of benzene rings is 2. The molecule has 5 atom stereocenters. The van der Waals surface area contributed by atoms with Gasteiger partial charge in [0.25, 0.3) is 0 Å². The normalized spacial score (nSPS) is 31.8. The van der Waals surface area contributed by atoms with E-state index in [1.54, 1.807) is 6.07 Å². The molecule has 0 amide bonds. The highest BCUT2D eigenvalue weighted by Gasteiger charge is 2.64. The number of para-hydroxylation sites is 1. The molecule has 1 spiro atoms. The molecule has 2 aromatic rings. The van der Waals surface area contributed by atoms with Crippen LogP contribution in [0.4, 0.5) is 5.69 Å². The molecule has 2 heterocycles. The minimum absolute atomic E-state index is 0.196. The number of phenolic OH excluding ortho intramolecular Hbond substituents is 1. The molecule has 0 radical (unpaired) electrons. The summed E-state index contributed by atoms with van der Waals surface area (Å²) in [5, 5.41) is 24.6. The van der Waals surface area contributed by atoms with Crippen molar-refractivity contribution in [1.29, 1.82) is 0 Å². The molecule has 6 heteroatoms. The molecule has 2 aliphatic heterocycles. The molecule has 6 rings (SSSR count). The van der Waals surface area contributed by atoms with Crippen LogP contribution >= 0.6 is 0 Å². The van der Waals surface area contributed by atoms with E-state index in [1.165, 1.54) is 5.56 Å². The van der Waals surface area contributed by atoms with E-state index in [0.29, 0.717) is 17.7 Å². The first kappa shape index (κ1) is 20.8. The van der Waals surface area contributed by atoms with E-state index in [0.717, 1.165) is 56.0 Å². The maximum Gasteiger partial charge on any atom is 0.165 e. The quantitative estimate of drug-likeness (QED) is 0.284. The van der Waals surface area contributed by atoms with E-state index >= 15 is 0 Å². The first-order valence-electron chi connectivity index (χ1n) is 12.0. The van der Waals surface area contributed by atoms with Gasteiger partial charge < -0.3 is 20.3 Å². The van der Waals surface area contributed by atoms with E-state index in [1.807, 2.05) is 43.3 Å². The molecule has 0 aromatic heterocycles. The summed E-state index contributed by atoms with van der Waals surface area (Å²) in [5.41, 5.74) is 3.25. The summed E-state index contributed by atoms with van der Waals surface area (Å²) in [6.45, 7) is 4.78. The lowest BCUT2D eigenvalue weighted by Crippen LogP contribution is -2.65. The van der Waals surface area contributed by atoms with Crippen molar-refractivity contribution < 1.29 is 14.9 Å². The van der Waals surface area contributed by atoms with E-state index in [2.05, 4.69) is 22.4 Å². The van der Waals surface area contributed by atoms with Crippen molar-refractivity contribution in [2.24, 2.45) is 10.9 Å². The third-order valence-electron chi connectivity index (χ3n) is 8.04. The van der Waals surface area contributed by atoms with E-state index in [-0.39, 0.29) is 17.3 Å². The highest BCUT2D eigenvalue weighted by Crippen LogP contribution is 2.62. The fourth-order valence-electron chi connectivity index (χ4n) is 6.70. The second-order valence-corrected chi connectivity index (χ2v) is 9.80. The third-order valence-corrected chi connectivity index (χ3v) is 8.04. The van der Waals surface area contributed by atoms with Gasteiger partial charge in [-0.05, 0) is 56.5 Å². The molecule has 3 N–H and O–H groups in total. The second kappa shape index (κ2) is 7.89. The van der Waals surface area contributed by atoms with Gasteiger partial charge >= 0.3 is 0 Å². The van der Waals surface area contributed by atoms with E-state index in [4.69, 9.17) is 9.73 Å². The predicted molar refractivity (Wildman–Crippen MR) is 129 cm³/mol. The third kappa shape index (κ3) is 3.19. The average molecular weight is 446 g/mol. The van der Waals surface area contributed by atoms with Crippen molar-refractivity contribution >= 4 is 11.5 Å². The summed E-state index contributed by atoms with van der Waals surface area (Å²) >= 11 is 0. The number of rotatable bonds is 5. The van der Waals surface area contributed by atoms with Gasteiger partial charge in [0.05, 0.1) is 5.84 Å². The number of piperidine rings is 1. The van der Waals surface area contributed by atoms with Crippen molar-refractivity contribution in [3.05, 3.63) is 65.7 Å². The largest absolute Gasteiger partial charge is 0.504 e. The first-order valence-corrected chi connectivity index (χ1v) is 12.0. The zero-order valence-corrected chi connectivity index (χ0v) is 18.9. The number of likely N-dealkylation sites (tertiary alicyclic amines) is 1. The highest BCUT2D eigenvalue weighted by molar-refractivity contribution is 5.93. The van der Waals surface area contributed by atoms with Gasteiger partial charge in [-0.2, -0.15) is 0 Å². The summed E-state index contributed by atoms with van der Waals surface area (Å²) < 4.78 is 6.24. The molecule has 6 nitrogen and oxygen atoms in total. The Hall–Kier alpha value is -2.83. The molecule has 4 aliphatic rings. The topological polar surface area (TPSA) is 77.3 Å². The number of amidine groups is 1. The fourth-order valence-corrected chi connectivity index (χ4v) is 6.70. The van der Waals surface area contributed by atoms with Crippen LogP contribution in [0.3, 0.4) is 0 Å². The Labute approximate surface area is 194 Å². The SMILES string of the molecule is CC(=NCCCN1CC[C@]23c4c5ccc(O)c4O[C@H]2[C@@H](O)C=CC3[C@@H]1C5)Nc1ccccc1. The van der Waals surface area contributed by atoms with Crippen molar-refractivity contribution in [2.75, 3.05) is 25.0 Å². The van der Waals surface area contributed by atoms with Gasteiger partial charge in [-0.3, -0.25) is 9.89 Å². The smallest absolute Gasteiger partial charge is 0.165 e. The molecule has 2 aromatic carbocycles. The Morgan fingerprint density at radius 2 is 2.06 bits per heavy atom. The maximum absolute atomic E-state index is 10.8. The number of aliphatic hydroxyl groups excluding tert-OH is 1. The van der Waals surface area contributed by atoms with Crippen LogP contribution in [-0.2, 0) is 11.8 Å². The molecule has 1 fully saturated rings. The van der Waals surface area contributed by atoms with Crippen LogP contribution in [-0.4, -0.2) is 58.8 Å². The predicted octanol–water partition coefficient (Wildman–Crippen LogP) is 3.49. The molecule has 1 saturated heterocycles. The minimum atomic E-state index is -0.638. The summed E-state index contributed by atoms with van der Waals surface area (Å²) in [6.07, 6.45) is 6.06. The Morgan fingerprint density at radius 1 is 1.21 bits per heavy atom. The summed E-state index contributed by atoms with van der Waals surface area (Å²) in [4.78, 5) is 7.33. The van der Waals surface area contributed by atoms with Crippen LogP contribution in [0.1, 0.15) is 30.9 Å². The lowest BCUT2D eigenvalue weighted by atomic mass is 9.53. The Kier molecular flexibility index (Phi) is 4.96. The van der Waals surface area contributed by atoms with Gasteiger partial charge in [-0.15, -0.1) is 0 Å². The molecule has 172 valence electrons. The maximum atomic E-state index is 10.8. The van der Waals surface area contributed by atoms with Gasteiger partial charge in [0.1, 0.15) is 12.2 Å². The number of aliphatic imine (C=N–C) groups is 1. The Bertz CT molecular complexity index is 1120. The van der Waals surface area contributed by atoms with Gasteiger partial charge in [0.15, 0.2) is 11.5 Å². The number of aliphatic hydroxyl groups is 1. The van der Waals surface area contributed by atoms with Crippen molar-refractivity contribution in [2.45, 2.75) is 49.9 Å². The van der Waals surface area contributed by atoms with E-state index in [9.17, 15) is 10.2 Å². The number of phenols is 1. The Balaban J connectivity index is 1.18. The van der Waals surface area contributed by atoms with Crippen LogP contribution in [0.15, 0.2) is 59.6 Å². The molecule has 33 heavy (non-hydrogen) atoms. The van der Waals surface area contributed by atoms with Crippen LogP contribution in [0, 0.1) is 5.92 Å². The zero-order chi connectivity index (χ0) is 22.6. The number of anilines is 1. The molecular weight excluding hydrogens is 414 g/mol. The number of aromatic hydroxyl groups is 1. The number of nitrogens with one attached hydrogen (secondary N) is 1. The summed E-state index contributed by atoms with van der Waals surface area (Å²) in [7, 11) is 0. The lowest BCUT2D eigenvalue weighted by molar-refractivity contribution is -0.0516. The Morgan fingerprint density at radius 3 is 2.91 bits per heavy atom. The standard InChI is InChI=1S/C27H31N3O3/c1-17(29-19-6-3-2-4-7-19)28-13-5-14-30-15-12-27-20-9-11-23(32)26(27)33-25-22(31)10-8-18(24(25)27)16-21(20)30/h2-4,6-11,20-21,23,26,31-32H,5,12-16H2,1H3,(H,28,29)/t20?,21-,23-,26-,27-/m0/s1. The average Bonchev–Trinajstić information content (AvgIpc) is 3.17. The fraction of sp³-hybridized carbons (Fsp3) is 0.444. The second-order valence-electron chi connectivity index (χ2n) is 9.80. The lowest BCUT2D eigenvalue weighted by Gasteiger charge is -2.57. The van der Waals surface area contributed by atoms with Crippen molar-refractivity contribution in [3.63, 3.8) is 0 Å². The van der Waals surface area contributed by atoms with Crippen LogP contribution in [0.5, 0.6) is 11.5 Å². The van der Waals surface area contributed by atoms with Crippen molar-refractivity contribution in [1.82, 2.24) is 4.90 Å². The number of ether oxygens (including phenoxy) is 1. The highest BCUT2D eigenvalue weighted by atomic mass is 16.5. The molecule has 0 saturated carbocycles.